The molecular formula is C16H11FN6O3. The number of nitrogens with one attached hydrogen (secondary N) is 1. The van der Waals surface area contributed by atoms with E-state index in [1.165, 1.54) is 23.2 Å². The summed E-state index contributed by atoms with van der Waals surface area (Å²) >= 11 is 0. The maximum Gasteiger partial charge on any atom is 0.338 e. The predicted molar refractivity (Wildman–Crippen MR) is 87.7 cm³/mol. The fourth-order valence-corrected chi connectivity index (χ4v) is 2.56. The molecule has 0 fully saturated rings. The number of aromatic amines is 1. The van der Waals surface area contributed by atoms with Gasteiger partial charge in [-0.05, 0) is 6.07 Å². The van der Waals surface area contributed by atoms with Crippen molar-refractivity contribution in [2.24, 2.45) is 0 Å². The summed E-state index contributed by atoms with van der Waals surface area (Å²) in [5.74, 6) is -1.49. The molecule has 4 aromatic rings. The number of carboxylic acid groups (broad SMARTS) is 1. The van der Waals surface area contributed by atoms with Gasteiger partial charge >= 0.3 is 5.97 Å². The van der Waals surface area contributed by atoms with E-state index in [9.17, 15) is 14.0 Å². The Balaban J connectivity index is 1.77. The first-order chi connectivity index (χ1) is 12.5. The molecule has 130 valence electrons. The molecule has 2 N–H and O–H groups in total. The molecule has 0 aliphatic rings. The minimum Gasteiger partial charge on any atom is -0.478 e. The molecule has 3 aromatic heterocycles. The zero-order valence-corrected chi connectivity index (χ0v) is 13.1. The summed E-state index contributed by atoms with van der Waals surface area (Å²) in [7, 11) is 0. The highest BCUT2D eigenvalue weighted by atomic mass is 19.1. The van der Waals surface area contributed by atoms with Crippen LogP contribution in [0.15, 0.2) is 47.8 Å². The molecule has 26 heavy (non-hydrogen) atoms. The number of carbonyl (C=O) groups is 1. The summed E-state index contributed by atoms with van der Waals surface area (Å²) in [5.41, 5.74) is 0.201. The largest absolute Gasteiger partial charge is 0.478 e. The van der Waals surface area contributed by atoms with Crippen LogP contribution in [0, 0.1) is 5.82 Å². The number of H-pyrrole nitrogens is 1. The highest BCUT2D eigenvalue weighted by Crippen LogP contribution is 2.13. The Morgan fingerprint density at radius 1 is 1.31 bits per heavy atom. The average molecular weight is 354 g/mol. The van der Waals surface area contributed by atoms with Crippen LogP contribution in [-0.2, 0) is 6.54 Å². The molecule has 0 saturated carbocycles. The smallest absolute Gasteiger partial charge is 0.338 e. The Hall–Kier alpha value is -3.82. The summed E-state index contributed by atoms with van der Waals surface area (Å²) in [6.07, 6.45) is 3.76. The van der Waals surface area contributed by atoms with Gasteiger partial charge in [0.25, 0.3) is 5.56 Å². The van der Waals surface area contributed by atoms with Crippen LogP contribution in [0.2, 0.25) is 0 Å². The van der Waals surface area contributed by atoms with Crippen LogP contribution in [0.25, 0.3) is 17.1 Å². The van der Waals surface area contributed by atoms with Gasteiger partial charge in [0.1, 0.15) is 5.82 Å². The maximum atomic E-state index is 13.8. The maximum absolute atomic E-state index is 13.8. The van der Waals surface area contributed by atoms with Crippen LogP contribution in [0.5, 0.6) is 0 Å². The van der Waals surface area contributed by atoms with Crippen molar-refractivity contribution in [2.75, 3.05) is 0 Å². The van der Waals surface area contributed by atoms with E-state index in [0.717, 1.165) is 10.9 Å². The number of nitrogens with zero attached hydrogens (tertiary/aromatic N) is 5. The van der Waals surface area contributed by atoms with Gasteiger partial charge in [-0.2, -0.15) is 10.1 Å². The fourth-order valence-electron chi connectivity index (χ4n) is 2.56. The highest BCUT2D eigenvalue weighted by molar-refractivity contribution is 5.86. The van der Waals surface area contributed by atoms with E-state index in [2.05, 4.69) is 20.1 Å². The monoisotopic (exact) mass is 354 g/mol. The van der Waals surface area contributed by atoms with Crippen molar-refractivity contribution in [2.45, 2.75) is 6.54 Å². The second-order valence-corrected chi connectivity index (χ2v) is 5.50. The summed E-state index contributed by atoms with van der Waals surface area (Å²) in [5, 5.41) is 12.8. The number of fused-ring (bicyclic) bond motifs is 1. The fraction of sp³-hybridized carbons (Fsp3) is 0.0625. The van der Waals surface area contributed by atoms with Crippen LogP contribution >= 0.6 is 0 Å². The van der Waals surface area contributed by atoms with E-state index < -0.39 is 11.5 Å². The molecule has 10 heteroatoms. The Morgan fingerprint density at radius 2 is 2.12 bits per heavy atom. The first kappa shape index (κ1) is 15.7. The third kappa shape index (κ3) is 2.62. The number of carboxylic acids is 1. The number of imidazole rings is 1. The number of halogens is 1. The average Bonchev–Trinajstić information content (AvgIpc) is 3.24. The Bertz CT molecular complexity index is 1190. The second kappa shape index (κ2) is 5.92. The molecule has 0 saturated heterocycles. The van der Waals surface area contributed by atoms with Gasteiger partial charge in [0.05, 0.1) is 24.6 Å². The van der Waals surface area contributed by atoms with Gasteiger partial charge in [-0.15, -0.1) is 0 Å². The van der Waals surface area contributed by atoms with Crippen LogP contribution in [0.3, 0.4) is 0 Å². The number of hydrogen-bond acceptors (Lipinski definition) is 5. The predicted octanol–water partition coefficient (Wildman–Crippen LogP) is 1.19. The van der Waals surface area contributed by atoms with Crippen LogP contribution in [-0.4, -0.2) is 40.4 Å². The minimum atomic E-state index is -1.14. The molecule has 9 nitrogen and oxygen atoms in total. The summed E-state index contributed by atoms with van der Waals surface area (Å²) in [6, 6.07) is 6.25. The first-order valence-corrected chi connectivity index (χ1v) is 7.50. The minimum absolute atomic E-state index is 0.0335. The number of hydrogen-bond donors (Lipinski definition) is 2. The second-order valence-electron chi connectivity index (χ2n) is 5.50. The molecule has 3 heterocycles. The molecule has 0 radical (unpaired) electrons. The molecule has 0 unspecified atom stereocenters. The van der Waals surface area contributed by atoms with Gasteiger partial charge in [-0.25, -0.2) is 18.9 Å². The van der Waals surface area contributed by atoms with Crippen molar-refractivity contribution >= 4 is 17.1 Å². The quantitative estimate of drug-likeness (QED) is 0.568. The molecule has 0 atom stereocenters. The molecule has 0 amide bonds. The van der Waals surface area contributed by atoms with E-state index in [4.69, 9.17) is 5.11 Å². The lowest BCUT2D eigenvalue weighted by Crippen LogP contribution is -2.16. The standard InChI is InChI=1S/C16H11FN6O3/c17-11-4-2-1-3-9(11)6-22-8-18-13-12(22)14(24)21-16(20-13)23-7-10(5-19-23)15(25)26/h1-5,7-8H,6H2,(H,25,26)(H,20,21,24). The molecule has 0 bridgehead atoms. The zero-order valence-electron chi connectivity index (χ0n) is 13.1. The Labute approximate surface area is 144 Å². The summed E-state index contributed by atoms with van der Waals surface area (Å²) in [4.78, 5) is 34.2. The lowest BCUT2D eigenvalue weighted by Gasteiger charge is -2.05. The zero-order chi connectivity index (χ0) is 18.3. The normalized spacial score (nSPS) is 11.1. The van der Waals surface area contributed by atoms with Gasteiger partial charge in [-0.1, -0.05) is 18.2 Å². The lowest BCUT2D eigenvalue weighted by atomic mass is 10.2. The van der Waals surface area contributed by atoms with Gasteiger partial charge in [0, 0.05) is 11.8 Å². The van der Waals surface area contributed by atoms with Gasteiger partial charge in [0.15, 0.2) is 11.2 Å². The van der Waals surface area contributed by atoms with E-state index in [-0.39, 0.29) is 35.0 Å². The third-order valence-corrected chi connectivity index (χ3v) is 3.82. The number of aromatic carboxylic acids is 1. The van der Waals surface area contributed by atoms with Crippen molar-refractivity contribution in [1.82, 2.24) is 29.3 Å². The van der Waals surface area contributed by atoms with E-state index in [1.54, 1.807) is 18.2 Å². The Kier molecular flexibility index (Phi) is 3.57. The number of rotatable bonds is 4. The van der Waals surface area contributed by atoms with Crippen molar-refractivity contribution in [3.05, 3.63) is 70.3 Å². The van der Waals surface area contributed by atoms with E-state index >= 15 is 0 Å². The highest BCUT2D eigenvalue weighted by Gasteiger charge is 2.14. The Morgan fingerprint density at radius 3 is 2.85 bits per heavy atom. The van der Waals surface area contributed by atoms with Crippen molar-refractivity contribution < 1.29 is 14.3 Å². The van der Waals surface area contributed by atoms with Crippen LogP contribution < -0.4 is 5.56 Å². The topological polar surface area (TPSA) is 119 Å². The summed E-state index contributed by atoms with van der Waals surface area (Å²) in [6.45, 7) is 0.123. The first-order valence-electron chi connectivity index (χ1n) is 7.50. The number of aromatic nitrogens is 6. The van der Waals surface area contributed by atoms with E-state index in [1.807, 2.05) is 0 Å². The van der Waals surface area contributed by atoms with Crippen molar-refractivity contribution in [3.8, 4) is 5.95 Å². The lowest BCUT2D eigenvalue weighted by molar-refractivity contribution is 0.0697. The molecular weight excluding hydrogens is 343 g/mol. The SMILES string of the molecule is O=C(O)c1cnn(-c2nc3ncn(Cc4ccccc4F)c3c(=O)[nH]2)c1. The van der Waals surface area contributed by atoms with Gasteiger partial charge in [0.2, 0.25) is 5.95 Å². The van der Waals surface area contributed by atoms with Gasteiger partial charge < -0.3 is 9.67 Å². The molecule has 0 spiro atoms. The van der Waals surface area contributed by atoms with Crippen molar-refractivity contribution in [3.63, 3.8) is 0 Å². The van der Waals surface area contributed by atoms with Crippen molar-refractivity contribution in [1.29, 1.82) is 0 Å². The molecule has 1 aromatic carbocycles. The van der Waals surface area contributed by atoms with Crippen LogP contribution in [0.4, 0.5) is 4.39 Å². The summed E-state index contributed by atoms with van der Waals surface area (Å²) < 4.78 is 16.5. The number of benzene rings is 1. The van der Waals surface area contributed by atoms with E-state index in [0.29, 0.717) is 5.56 Å². The molecule has 0 aliphatic heterocycles. The third-order valence-electron chi connectivity index (χ3n) is 3.82. The van der Waals surface area contributed by atoms with Crippen LogP contribution in [0.1, 0.15) is 15.9 Å². The van der Waals surface area contributed by atoms with Gasteiger partial charge in [-0.3, -0.25) is 9.78 Å². The molecule has 4 rings (SSSR count). The molecule has 0 aliphatic carbocycles.